The van der Waals surface area contributed by atoms with Crippen molar-refractivity contribution in [1.82, 2.24) is 10.6 Å². The highest BCUT2D eigenvalue weighted by atomic mass is 15.1. The van der Waals surface area contributed by atoms with Crippen LogP contribution in [0.25, 0.3) is 0 Å². The van der Waals surface area contributed by atoms with Gasteiger partial charge in [0.1, 0.15) is 0 Å². The molecule has 2 heteroatoms. The van der Waals surface area contributed by atoms with Crippen molar-refractivity contribution in [2.75, 3.05) is 13.6 Å². The minimum absolute atomic E-state index is 0.364. The molecule has 1 saturated carbocycles. The number of nitrogens with one attached hydrogen (secondary N) is 2. The lowest BCUT2D eigenvalue weighted by molar-refractivity contribution is 0.253. The van der Waals surface area contributed by atoms with Gasteiger partial charge < -0.3 is 10.6 Å². The first-order chi connectivity index (χ1) is 5.90. The highest BCUT2D eigenvalue weighted by molar-refractivity contribution is 5.05. The summed E-state index contributed by atoms with van der Waals surface area (Å²) in [7, 11) is 2.03. The largest absolute Gasteiger partial charge is 0.318 e. The van der Waals surface area contributed by atoms with Gasteiger partial charge >= 0.3 is 0 Å². The van der Waals surface area contributed by atoms with Crippen LogP contribution in [0.15, 0.2) is 0 Å². The fraction of sp³-hybridized carbons (Fsp3) is 1.00. The number of hydrogen-bond acceptors (Lipinski definition) is 2. The van der Waals surface area contributed by atoms with Crippen LogP contribution in [-0.4, -0.2) is 25.2 Å². The summed E-state index contributed by atoms with van der Waals surface area (Å²) in [6.45, 7) is 10.3. The van der Waals surface area contributed by atoms with Crippen LogP contribution in [0.2, 0.25) is 0 Å². The summed E-state index contributed by atoms with van der Waals surface area (Å²) < 4.78 is 0. The van der Waals surface area contributed by atoms with E-state index in [4.69, 9.17) is 0 Å². The highest BCUT2D eigenvalue weighted by Crippen LogP contribution is 2.36. The average molecular weight is 184 g/mol. The van der Waals surface area contributed by atoms with Gasteiger partial charge in [-0.05, 0) is 32.2 Å². The molecule has 2 N–H and O–H groups in total. The van der Waals surface area contributed by atoms with Crippen molar-refractivity contribution in [3.05, 3.63) is 0 Å². The van der Waals surface area contributed by atoms with Crippen LogP contribution in [0.5, 0.6) is 0 Å². The van der Waals surface area contributed by atoms with Crippen molar-refractivity contribution in [2.45, 2.75) is 52.1 Å². The van der Waals surface area contributed by atoms with Gasteiger partial charge in [0.05, 0.1) is 0 Å². The molecular weight excluding hydrogens is 160 g/mol. The summed E-state index contributed by atoms with van der Waals surface area (Å²) in [5, 5.41) is 7.01. The molecule has 78 valence electrons. The molecule has 13 heavy (non-hydrogen) atoms. The molecule has 0 aromatic rings. The van der Waals surface area contributed by atoms with Crippen molar-refractivity contribution in [3.63, 3.8) is 0 Å². The van der Waals surface area contributed by atoms with E-state index in [1.165, 1.54) is 12.8 Å². The molecule has 0 aliphatic heterocycles. The van der Waals surface area contributed by atoms with E-state index in [9.17, 15) is 0 Å². The van der Waals surface area contributed by atoms with Crippen LogP contribution in [-0.2, 0) is 0 Å². The lowest BCUT2D eigenvalue weighted by atomic mass is 9.87. The summed E-state index contributed by atoms with van der Waals surface area (Å²) in [5.41, 5.74) is 0.783. The summed E-state index contributed by atoms with van der Waals surface area (Å²) in [6.07, 6.45) is 2.66. The third-order valence-electron chi connectivity index (χ3n) is 3.19. The molecule has 2 nitrogen and oxygen atoms in total. The predicted octanol–water partition coefficient (Wildman–Crippen LogP) is 1.76. The number of rotatable bonds is 4. The van der Waals surface area contributed by atoms with Gasteiger partial charge in [-0.3, -0.25) is 0 Å². The van der Waals surface area contributed by atoms with E-state index >= 15 is 0 Å². The molecule has 0 aromatic carbocycles. The van der Waals surface area contributed by atoms with Gasteiger partial charge in [-0.25, -0.2) is 0 Å². The van der Waals surface area contributed by atoms with Crippen LogP contribution in [0.1, 0.15) is 40.5 Å². The van der Waals surface area contributed by atoms with E-state index in [1.807, 2.05) is 7.05 Å². The minimum Gasteiger partial charge on any atom is -0.318 e. The number of likely N-dealkylation sites (N-methyl/N-ethyl adjacent to an activating group) is 1. The molecule has 1 aliphatic rings. The Labute approximate surface area is 82.5 Å². The molecule has 0 bridgehead atoms. The van der Waals surface area contributed by atoms with Crippen LogP contribution >= 0.6 is 0 Å². The lowest BCUT2D eigenvalue weighted by Gasteiger charge is -2.32. The van der Waals surface area contributed by atoms with Crippen LogP contribution in [0.4, 0.5) is 0 Å². The van der Waals surface area contributed by atoms with E-state index in [0.29, 0.717) is 17.0 Å². The highest BCUT2D eigenvalue weighted by Gasteiger charge is 2.43. The van der Waals surface area contributed by atoms with Gasteiger partial charge in [0.2, 0.25) is 0 Å². The van der Waals surface area contributed by atoms with E-state index in [2.05, 4.69) is 38.3 Å². The fourth-order valence-electron chi connectivity index (χ4n) is 1.54. The molecule has 1 atom stereocenters. The zero-order valence-electron chi connectivity index (χ0n) is 9.70. The topological polar surface area (TPSA) is 24.1 Å². The molecule has 0 amide bonds. The monoisotopic (exact) mass is 184 g/mol. The lowest BCUT2D eigenvalue weighted by Crippen LogP contribution is -2.49. The normalized spacial score (nSPS) is 22.8. The Morgan fingerprint density at radius 3 is 2.15 bits per heavy atom. The molecule has 0 saturated heterocycles. The average Bonchev–Trinajstić information content (AvgIpc) is 2.67. The summed E-state index contributed by atoms with van der Waals surface area (Å²) in [4.78, 5) is 0. The maximum atomic E-state index is 3.75. The van der Waals surface area contributed by atoms with Gasteiger partial charge in [-0.15, -0.1) is 0 Å². The maximum absolute atomic E-state index is 3.75. The number of hydrogen-bond donors (Lipinski definition) is 2. The first kappa shape index (κ1) is 11.0. The van der Waals surface area contributed by atoms with Crippen LogP contribution in [0, 0.1) is 5.41 Å². The predicted molar refractivity (Wildman–Crippen MR) is 57.9 cm³/mol. The third kappa shape index (κ3) is 2.96. The summed E-state index contributed by atoms with van der Waals surface area (Å²) >= 11 is 0. The van der Waals surface area contributed by atoms with Crippen molar-refractivity contribution < 1.29 is 0 Å². The Balaban J connectivity index is 2.40. The zero-order chi connectivity index (χ0) is 10.1. The molecule has 0 spiro atoms. The molecule has 0 radical (unpaired) electrons. The van der Waals surface area contributed by atoms with Crippen molar-refractivity contribution in [3.8, 4) is 0 Å². The molecule has 0 aromatic heterocycles. The quantitative estimate of drug-likeness (QED) is 0.696. The first-order valence-corrected chi connectivity index (χ1v) is 5.32. The van der Waals surface area contributed by atoms with E-state index in [1.54, 1.807) is 0 Å². The Morgan fingerprint density at radius 1 is 1.31 bits per heavy atom. The van der Waals surface area contributed by atoms with E-state index in [-0.39, 0.29) is 0 Å². The smallest absolute Gasteiger partial charge is 0.0310 e. The van der Waals surface area contributed by atoms with Crippen LogP contribution < -0.4 is 10.6 Å². The van der Waals surface area contributed by atoms with Crippen molar-refractivity contribution in [2.24, 2.45) is 5.41 Å². The maximum Gasteiger partial charge on any atom is 0.0310 e. The minimum atomic E-state index is 0.364. The Morgan fingerprint density at radius 2 is 1.85 bits per heavy atom. The summed E-state index contributed by atoms with van der Waals surface area (Å²) in [5.74, 6) is 0. The standard InChI is InChI=1S/C11H24N2/c1-9(10(2,3)4)13-11(6-7-11)8-12-5/h9,12-13H,6-8H2,1-5H3. The molecular formula is C11H24N2. The van der Waals surface area contributed by atoms with Gasteiger partial charge in [0, 0.05) is 18.1 Å². The van der Waals surface area contributed by atoms with Crippen molar-refractivity contribution in [1.29, 1.82) is 0 Å². The van der Waals surface area contributed by atoms with Gasteiger partial charge in [0.15, 0.2) is 0 Å². The van der Waals surface area contributed by atoms with Gasteiger partial charge in [-0.1, -0.05) is 20.8 Å². The zero-order valence-corrected chi connectivity index (χ0v) is 9.70. The summed E-state index contributed by atoms with van der Waals surface area (Å²) in [6, 6.07) is 0.586. The molecule has 1 rings (SSSR count). The molecule has 1 aliphatic carbocycles. The Bertz CT molecular complexity index is 165. The molecule has 1 unspecified atom stereocenters. The Hall–Kier alpha value is -0.0800. The van der Waals surface area contributed by atoms with E-state index in [0.717, 1.165) is 6.54 Å². The first-order valence-electron chi connectivity index (χ1n) is 5.32. The SMILES string of the molecule is CNCC1(NC(C)C(C)(C)C)CC1. The second-order valence-corrected chi connectivity index (χ2v) is 5.54. The van der Waals surface area contributed by atoms with Gasteiger partial charge in [-0.2, -0.15) is 0 Å². The third-order valence-corrected chi connectivity index (χ3v) is 3.19. The second kappa shape index (κ2) is 3.58. The molecule has 0 heterocycles. The Kier molecular flexibility index (Phi) is 3.03. The van der Waals surface area contributed by atoms with Crippen LogP contribution in [0.3, 0.4) is 0 Å². The van der Waals surface area contributed by atoms with Crippen molar-refractivity contribution >= 4 is 0 Å². The fourth-order valence-corrected chi connectivity index (χ4v) is 1.54. The second-order valence-electron chi connectivity index (χ2n) is 5.54. The molecule has 1 fully saturated rings. The van der Waals surface area contributed by atoms with E-state index < -0.39 is 0 Å². The van der Waals surface area contributed by atoms with Gasteiger partial charge in [0.25, 0.3) is 0 Å².